The van der Waals surface area contributed by atoms with Gasteiger partial charge in [0.2, 0.25) is 10.7 Å². The summed E-state index contributed by atoms with van der Waals surface area (Å²) in [4.78, 5) is 9.46. The summed E-state index contributed by atoms with van der Waals surface area (Å²) in [6.07, 6.45) is 5.92. The van der Waals surface area contributed by atoms with Gasteiger partial charge in [-0.25, -0.2) is 9.56 Å². The van der Waals surface area contributed by atoms with Gasteiger partial charge in [-0.3, -0.25) is 0 Å². The van der Waals surface area contributed by atoms with Crippen molar-refractivity contribution in [1.29, 1.82) is 0 Å². The second-order valence-corrected chi connectivity index (χ2v) is 6.91. The molecule has 0 atom stereocenters. The molecule has 26 heavy (non-hydrogen) atoms. The van der Waals surface area contributed by atoms with Gasteiger partial charge in [-0.15, -0.1) is 0 Å². The van der Waals surface area contributed by atoms with Gasteiger partial charge in [0, 0.05) is 5.56 Å². The van der Waals surface area contributed by atoms with Crippen molar-refractivity contribution in [2.24, 2.45) is 4.99 Å². The molecule has 4 rings (SSSR count). The lowest BCUT2D eigenvalue weighted by Gasteiger charge is -2.17. The number of rotatable bonds is 3. The lowest BCUT2D eigenvalue weighted by molar-refractivity contribution is 0.383. The number of hydrogen-bond acceptors (Lipinski definition) is 4. The van der Waals surface area contributed by atoms with E-state index < -0.39 is 0 Å². The molecule has 1 heterocycles. The molecule has 1 aliphatic rings. The van der Waals surface area contributed by atoms with Crippen LogP contribution in [-0.4, -0.2) is 15.6 Å². The first-order valence-electron chi connectivity index (χ1n) is 9.10. The first-order valence-corrected chi connectivity index (χ1v) is 9.51. The number of benzene rings is 2. The zero-order valence-corrected chi connectivity index (χ0v) is 15.4. The number of nitrogens with zero attached hydrogens (tertiary/aromatic N) is 3. The number of hydrogen-bond donors (Lipinski definition) is 0. The van der Waals surface area contributed by atoms with E-state index in [1.807, 2.05) is 65.2 Å². The van der Waals surface area contributed by atoms with Crippen molar-refractivity contribution >= 4 is 12.2 Å². The standard InChI is InChI=1S/C21H21N3OS/c26-21-23-19(16-10-4-1-5-11-16)25-20(22-17-12-6-2-7-13-17)24(21)18-14-8-3-9-15-18/h1,3-5,8-11,14-15,17H,2,6-7,12-13H2. The highest BCUT2D eigenvalue weighted by molar-refractivity contribution is 7.71. The highest BCUT2D eigenvalue weighted by atomic mass is 32.1. The molecule has 3 aromatic rings. The normalized spacial score (nSPS) is 15.9. The molecule has 0 spiro atoms. The fraction of sp³-hybridized carbons (Fsp3) is 0.286. The van der Waals surface area contributed by atoms with E-state index in [1.54, 1.807) is 0 Å². The van der Waals surface area contributed by atoms with Crippen LogP contribution in [0.15, 0.2) is 70.1 Å². The van der Waals surface area contributed by atoms with Crippen molar-refractivity contribution in [2.45, 2.75) is 38.1 Å². The van der Waals surface area contributed by atoms with Gasteiger partial charge in [0.05, 0.1) is 11.7 Å². The molecule has 0 N–H and O–H groups in total. The third-order valence-electron chi connectivity index (χ3n) is 4.67. The molecule has 1 aromatic heterocycles. The van der Waals surface area contributed by atoms with Crippen molar-refractivity contribution in [3.8, 4) is 17.1 Å². The van der Waals surface area contributed by atoms with Gasteiger partial charge >= 0.3 is 5.68 Å². The molecular formula is C21H21N3OS. The Bertz CT molecular complexity index is 987. The fourth-order valence-corrected chi connectivity index (χ4v) is 3.59. The Morgan fingerprint density at radius 3 is 2.27 bits per heavy atom. The molecule has 5 heteroatoms. The van der Waals surface area contributed by atoms with E-state index in [9.17, 15) is 0 Å². The fourth-order valence-electron chi connectivity index (χ4n) is 3.33. The number of para-hydroxylation sites is 1. The van der Waals surface area contributed by atoms with E-state index in [1.165, 1.54) is 19.3 Å². The molecule has 0 aliphatic heterocycles. The number of aromatic nitrogens is 2. The summed E-state index contributed by atoms with van der Waals surface area (Å²) in [5.74, 6) is 0.511. The smallest absolute Gasteiger partial charge is 0.305 e. The maximum absolute atomic E-state index is 6.15. The summed E-state index contributed by atoms with van der Waals surface area (Å²) < 4.78 is 8.44. The Balaban J connectivity index is 1.91. The summed E-state index contributed by atoms with van der Waals surface area (Å²) in [5.41, 5.74) is 2.35. The lowest BCUT2D eigenvalue weighted by Crippen LogP contribution is -2.25. The van der Waals surface area contributed by atoms with Gasteiger partial charge in [-0.1, -0.05) is 55.7 Å². The first-order chi connectivity index (χ1) is 12.8. The summed E-state index contributed by atoms with van der Waals surface area (Å²) in [6, 6.07) is 20.0. The first kappa shape index (κ1) is 16.9. The Morgan fingerprint density at radius 2 is 1.58 bits per heavy atom. The van der Waals surface area contributed by atoms with Crippen LogP contribution >= 0.6 is 12.2 Å². The minimum Gasteiger partial charge on any atom is -0.406 e. The third-order valence-corrected chi connectivity index (χ3v) is 4.94. The van der Waals surface area contributed by atoms with Crippen molar-refractivity contribution in [3.63, 3.8) is 0 Å². The molecule has 0 saturated heterocycles. The van der Waals surface area contributed by atoms with Crippen LogP contribution in [0.1, 0.15) is 32.1 Å². The monoisotopic (exact) mass is 363 g/mol. The average molecular weight is 363 g/mol. The van der Waals surface area contributed by atoms with E-state index in [4.69, 9.17) is 21.6 Å². The molecule has 1 fully saturated rings. The minimum atomic E-state index is 0.280. The van der Waals surface area contributed by atoms with Crippen molar-refractivity contribution in [3.05, 3.63) is 71.1 Å². The second kappa shape index (κ2) is 7.79. The van der Waals surface area contributed by atoms with Crippen LogP contribution in [0.4, 0.5) is 0 Å². The van der Waals surface area contributed by atoms with Gasteiger partial charge in [-0.2, -0.15) is 4.98 Å². The lowest BCUT2D eigenvalue weighted by atomic mass is 9.96. The zero-order chi connectivity index (χ0) is 17.8. The van der Waals surface area contributed by atoms with E-state index in [-0.39, 0.29) is 6.04 Å². The predicted octanol–water partition coefficient (Wildman–Crippen LogP) is 5.10. The molecule has 0 radical (unpaired) electrons. The SMILES string of the molecule is S=c1nc(-c2ccccc2)oc(=NC2CCCCC2)n1-c1ccccc1. The summed E-state index contributed by atoms with van der Waals surface area (Å²) >= 11 is 5.61. The molecule has 1 aliphatic carbocycles. The van der Waals surface area contributed by atoms with Crippen LogP contribution in [0.5, 0.6) is 0 Å². The molecular weight excluding hydrogens is 342 g/mol. The maximum atomic E-state index is 6.15. The molecule has 2 aromatic carbocycles. The van der Waals surface area contributed by atoms with Gasteiger partial charge in [0.15, 0.2) is 0 Å². The second-order valence-electron chi connectivity index (χ2n) is 6.54. The van der Waals surface area contributed by atoms with Crippen LogP contribution in [0, 0.1) is 4.77 Å². The summed E-state index contributed by atoms with van der Waals surface area (Å²) in [7, 11) is 0. The highest BCUT2D eigenvalue weighted by Gasteiger charge is 2.14. The Labute approximate surface area is 157 Å². The van der Waals surface area contributed by atoms with Crippen molar-refractivity contribution in [2.75, 3.05) is 0 Å². The largest absolute Gasteiger partial charge is 0.406 e. The molecule has 1 saturated carbocycles. The van der Waals surface area contributed by atoms with Crippen molar-refractivity contribution < 1.29 is 4.42 Å². The third kappa shape index (κ3) is 3.68. The van der Waals surface area contributed by atoms with Gasteiger partial charge in [-0.05, 0) is 49.3 Å². The van der Waals surface area contributed by atoms with Crippen LogP contribution in [-0.2, 0) is 0 Å². The van der Waals surface area contributed by atoms with E-state index in [2.05, 4.69) is 4.98 Å². The van der Waals surface area contributed by atoms with Gasteiger partial charge in [0.1, 0.15) is 0 Å². The van der Waals surface area contributed by atoms with E-state index in [0.717, 1.165) is 24.1 Å². The highest BCUT2D eigenvalue weighted by Crippen LogP contribution is 2.20. The van der Waals surface area contributed by atoms with Crippen LogP contribution in [0.2, 0.25) is 0 Å². The summed E-state index contributed by atoms with van der Waals surface area (Å²) in [5, 5.41) is 0. The molecule has 0 unspecified atom stereocenters. The summed E-state index contributed by atoms with van der Waals surface area (Å²) in [6.45, 7) is 0. The van der Waals surface area contributed by atoms with Crippen LogP contribution in [0.25, 0.3) is 17.1 Å². The van der Waals surface area contributed by atoms with E-state index in [0.29, 0.717) is 16.3 Å². The van der Waals surface area contributed by atoms with Gasteiger partial charge in [0.25, 0.3) is 0 Å². The topological polar surface area (TPSA) is 43.3 Å². The molecule has 0 bridgehead atoms. The molecule has 132 valence electrons. The van der Waals surface area contributed by atoms with Gasteiger partial charge < -0.3 is 4.42 Å². The average Bonchev–Trinajstić information content (AvgIpc) is 2.70. The van der Waals surface area contributed by atoms with Crippen molar-refractivity contribution in [1.82, 2.24) is 9.55 Å². The van der Waals surface area contributed by atoms with E-state index >= 15 is 0 Å². The quantitative estimate of drug-likeness (QED) is 0.608. The zero-order valence-electron chi connectivity index (χ0n) is 14.5. The Hall–Kier alpha value is -2.53. The van der Waals surface area contributed by atoms with Crippen LogP contribution in [0.3, 0.4) is 0 Å². The molecule has 4 nitrogen and oxygen atoms in total. The Kier molecular flexibility index (Phi) is 5.07. The Morgan fingerprint density at radius 1 is 0.923 bits per heavy atom. The maximum Gasteiger partial charge on any atom is 0.305 e. The van der Waals surface area contributed by atoms with Crippen LogP contribution < -0.4 is 5.68 Å². The minimum absolute atomic E-state index is 0.280. The predicted molar refractivity (Wildman–Crippen MR) is 105 cm³/mol. The molecule has 0 amide bonds.